The number of aldehydes is 1. The summed E-state index contributed by atoms with van der Waals surface area (Å²) in [5.41, 5.74) is 4.10. The first-order valence-electron chi connectivity index (χ1n) is 11.9. The van der Waals surface area contributed by atoms with Crippen molar-refractivity contribution >= 4 is 40.4 Å². The van der Waals surface area contributed by atoms with Crippen LogP contribution in [0.1, 0.15) is 43.9 Å². The van der Waals surface area contributed by atoms with Crippen LogP contribution in [0.25, 0.3) is 10.4 Å². The maximum atomic E-state index is 12.7. The molecule has 1 amide bonds. The Morgan fingerprint density at radius 1 is 1.20 bits per heavy atom. The first kappa shape index (κ1) is 25.8. The lowest BCUT2D eigenvalue weighted by Crippen LogP contribution is -2.42. The summed E-state index contributed by atoms with van der Waals surface area (Å²) in [6.45, 7) is 5.77. The number of carbonyl (C=O) groups is 2. The van der Waals surface area contributed by atoms with Gasteiger partial charge >= 0.3 is 0 Å². The number of nitrogens with zero attached hydrogens (tertiary/aromatic N) is 4. The van der Waals surface area contributed by atoms with Gasteiger partial charge in [-0.05, 0) is 64.3 Å². The topological polar surface area (TPSA) is 95.0 Å². The monoisotopic (exact) mass is 515 g/mol. The number of amides is 1. The molecule has 3 unspecified atom stereocenters. The lowest BCUT2D eigenvalue weighted by atomic mass is 9.91. The number of hydrogen-bond acceptors (Lipinski definition) is 7. The number of likely N-dealkylation sites (tertiary alicyclic amines) is 1. The molecule has 2 fully saturated rings. The number of hydrogen-bond donors (Lipinski definition) is 1. The number of aromatic nitrogens is 1. The smallest absolute Gasteiger partial charge is 0.257 e. The molecule has 35 heavy (non-hydrogen) atoms. The Bertz CT molecular complexity index is 1130. The van der Waals surface area contributed by atoms with Crippen LogP contribution >= 0.6 is 11.3 Å². The minimum absolute atomic E-state index is 0.0375. The molecule has 1 N–H and O–H groups in total. The predicted octanol–water partition coefficient (Wildman–Crippen LogP) is 2.90. The van der Waals surface area contributed by atoms with Crippen LogP contribution in [0.4, 0.5) is 0 Å². The van der Waals surface area contributed by atoms with Gasteiger partial charge in [0.1, 0.15) is 12.1 Å². The van der Waals surface area contributed by atoms with Crippen molar-refractivity contribution in [3.63, 3.8) is 0 Å². The molecule has 10 heteroatoms. The third-order valence-electron chi connectivity index (χ3n) is 7.05. The summed E-state index contributed by atoms with van der Waals surface area (Å²) in [5, 5.41) is 3.03. The molecule has 3 aliphatic rings. The highest BCUT2D eigenvalue weighted by Gasteiger charge is 2.43. The zero-order chi connectivity index (χ0) is 25.2. The summed E-state index contributed by atoms with van der Waals surface area (Å²) in [5.74, 6) is 0.777. The van der Waals surface area contributed by atoms with Gasteiger partial charge in [-0.2, -0.15) is 0 Å². The van der Waals surface area contributed by atoms with Gasteiger partial charge in [0.2, 0.25) is 0 Å². The first-order valence-corrected chi connectivity index (χ1v) is 14.3. The van der Waals surface area contributed by atoms with Crippen molar-refractivity contribution in [1.29, 1.82) is 0 Å². The van der Waals surface area contributed by atoms with E-state index in [2.05, 4.69) is 34.4 Å². The van der Waals surface area contributed by atoms with E-state index in [1.54, 1.807) is 21.9 Å². The lowest BCUT2D eigenvalue weighted by molar-refractivity contribution is -0.123. The van der Waals surface area contributed by atoms with Gasteiger partial charge in [-0.15, -0.1) is 11.3 Å². The van der Waals surface area contributed by atoms with Crippen LogP contribution in [0.3, 0.4) is 0 Å². The van der Waals surface area contributed by atoms with Gasteiger partial charge in [0, 0.05) is 12.8 Å². The van der Waals surface area contributed by atoms with Crippen molar-refractivity contribution in [1.82, 2.24) is 19.5 Å². The average Bonchev–Trinajstić information content (AvgIpc) is 3.63. The number of likely N-dealkylation sites (N-methyl/N-ethyl adjacent to an activating group) is 1. The van der Waals surface area contributed by atoms with Crippen LogP contribution < -0.4 is 5.32 Å². The lowest BCUT2D eigenvalue weighted by Gasteiger charge is -2.19. The largest absolute Gasteiger partial charge is 0.311 e. The zero-order valence-electron chi connectivity index (χ0n) is 20.7. The van der Waals surface area contributed by atoms with Crippen LogP contribution in [0, 0.1) is 6.92 Å². The summed E-state index contributed by atoms with van der Waals surface area (Å²) in [7, 11) is 1.12. The number of aryl methyl sites for hydroxylation is 1. The van der Waals surface area contributed by atoms with E-state index >= 15 is 0 Å². The summed E-state index contributed by atoms with van der Waals surface area (Å²) < 4.78 is 12.6. The van der Waals surface area contributed by atoms with Gasteiger partial charge in [-0.3, -0.25) is 9.69 Å². The van der Waals surface area contributed by atoms with Crippen LogP contribution in [-0.2, 0) is 26.1 Å². The number of benzene rings is 1. The maximum Gasteiger partial charge on any atom is 0.257 e. The Morgan fingerprint density at radius 2 is 1.91 bits per heavy atom. The molecule has 8 nitrogen and oxygen atoms in total. The van der Waals surface area contributed by atoms with Gasteiger partial charge in [0.15, 0.2) is 5.54 Å². The molecule has 0 saturated carbocycles. The fraction of sp³-hybridized carbons (Fsp3) is 0.520. The molecule has 0 radical (unpaired) electrons. The highest BCUT2D eigenvalue weighted by atomic mass is 32.2. The number of nitrogens with one attached hydrogen (secondary N) is 1. The van der Waals surface area contributed by atoms with Crippen LogP contribution in [-0.4, -0.2) is 74.9 Å². The van der Waals surface area contributed by atoms with E-state index < -0.39 is 16.5 Å². The van der Waals surface area contributed by atoms with Crippen molar-refractivity contribution < 1.29 is 13.8 Å². The third-order valence-corrected chi connectivity index (χ3v) is 9.15. The van der Waals surface area contributed by atoms with Crippen molar-refractivity contribution in [2.24, 2.45) is 4.99 Å². The standard InChI is InChI=1S/C19H22N4OS.C6H11NO2S/c1-12-16(25-11-20-12)13-6-8-14(9-7-13)19(2)18(24)21-17(22-19)15-5-4-10-23(15)3;1-10(9)7-4-2-3-6(7)5-8/h6-9,11,15H,4-5,10H2,1-3H3,(H,21,22,24);5-6H,2-4H2,1H3/t15?,19-;/m0./s1. The summed E-state index contributed by atoms with van der Waals surface area (Å²) in [4.78, 5) is 35.6. The Labute approximate surface area is 213 Å². The molecule has 3 aliphatic heterocycles. The normalized spacial score (nSPS) is 27.8. The second-order valence-electron chi connectivity index (χ2n) is 9.42. The summed E-state index contributed by atoms with van der Waals surface area (Å²) in [6, 6.07) is 8.28. The van der Waals surface area contributed by atoms with Crippen LogP contribution in [0.15, 0.2) is 34.8 Å². The van der Waals surface area contributed by atoms with E-state index in [-0.39, 0.29) is 18.0 Å². The van der Waals surface area contributed by atoms with E-state index in [0.29, 0.717) is 0 Å². The van der Waals surface area contributed by atoms with E-state index in [1.807, 2.05) is 31.5 Å². The van der Waals surface area contributed by atoms with Crippen molar-refractivity contribution in [2.75, 3.05) is 26.4 Å². The molecular weight excluding hydrogens is 482 g/mol. The molecule has 0 aliphatic carbocycles. The van der Waals surface area contributed by atoms with Gasteiger partial charge in [0.25, 0.3) is 5.91 Å². The quantitative estimate of drug-likeness (QED) is 0.618. The predicted molar refractivity (Wildman–Crippen MR) is 141 cm³/mol. The Hall–Kier alpha value is -2.27. The Balaban J connectivity index is 0.000000243. The molecule has 0 spiro atoms. The summed E-state index contributed by atoms with van der Waals surface area (Å²) in [6.07, 6.45) is 6.55. The minimum Gasteiger partial charge on any atom is -0.311 e. The van der Waals surface area contributed by atoms with Gasteiger partial charge in [-0.25, -0.2) is 18.5 Å². The van der Waals surface area contributed by atoms with Crippen molar-refractivity contribution in [2.45, 2.75) is 57.2 Å². The first-order chi connectivity index (χ1) is 16.7. The molecular formula is C25H33N5O3S2. The molecule has 2 saturated heterocycles. The fourth-order valence-corrected chi connectivity index (χ4v) is 6.65. The van der Waals surface area contributed by atoms with Gasteiger partial charge < -0.3 is 10.1 Å². The summed E-state index contributed by atoms with van der Waals surface area (Å²) >= 11 is 1.63. The number of aliphatic imine (C=N–C) groups is 1. The van der Waals surface area contributed by atoms with Crippen LogP contribution in [0.2, 0.25) is 0 Å². The second-order valence-corrected chi connectivity index (χ2v) is 11.6. The average molecular weight is 516 g/mol. The zero-order valence-corrected chi connectivity index (χ0v) is 22.3. The Morgan fingerprint density at radius 3 is 2.46 bits per heavy atom. The fourth-order valence-electron chi connectivity index (χ4n) is 4.91. The highest BCUT2D eigenvalue weighted by molar-refractivity contribution is 7.81. The van der Waals surface area contributed by atoms with Gasteiger partial charge in [-0.1, -0.05) is 24.3 Å². The molecule has 2 aromatic rings. The molecule has 1 aromatic heterocycles. The number of thiazole rings is 1. The van der Waals surface area contributed by atoms with E-state index in [1.165, 1.54) is 4.88 Å². The minimum atomic E-state index is -0.969. The van der Waals surface area contributed by atoms with Crippen molar-refractivity contribution in [3.8, 4) is 10.4 Å². The number of amidine groups is 1. The molecule has 0 bridgehead atoms. The molecule has 1 aromatic carbocycles. The van der Waals surface area contributed by atoms with Crippen molar-refractivity contribution in [3.05, 3.63) is 41.0 Å². The molecule has 188 valence electrons. The SMILES string of the molecule is CS(=O)N1CCCC1C=O.Cc1ncsc1-c1ccc([C@]2(C)N=C(C3CCCN3C)NC2=O)cc1. The van der Waals surface area contributed by atoms with E-state index in [9.17, 15) is 13.8 Å². The molecule has 5 rings (SSSR count). The number of rotatable bonds is 5. The number of carbonyl (C=O) groups excluding carboxylic acids is 2. The Kier molecular flexibility index (Phi) is 7.95. The molecule has 4 atom stereocenters. The van der Waals surface area contributed by atoms with Gasteiger partial charge in [0.05, 0.1) is 39.2 Å². The maximum absolute atomic E-state index is 12.7. The third kappa shape index (κ3) is 5.30. The van der Waals surface area contributed by atoms with Crippen LogP contribution in [0.5, 0.6) is 0 Å². The van der Waals surface area contributed by atoms with E-state index in [0.717, 1.165) is 67.7 Å². The highest BCUT2D eigenvalue weighted by Crippen LogP contribution is 2.34. The second kappa shape index (κ2) is 10.8. The molecule has 4 heterocycles. The van der Waals surface area contributed by atoms with E-state index in [4.69, 9.17) is 4.99 Å².